The highest BCUT2D eigenvalue weighted by Gasteiger charge is 2.19. The van der Waals surface area contributed by atoms with E-state index < -0.39 is 5.97 Å². The second-order valence-electron chi connectivity index (χ2n) is 15.7. The van der Waals surface area contributed by atoms with Crippen molar-refractivity contribution in [3.8, 4) is 0 Å². The molecule has 0 aliphatic carbocycles. The Morgan fingerprint density at radius 3 is 1.72 bits per heavy atom. The number of carboxylic acids is 1. The summed E-state index contributed by atoms with van der Waals surface area (Å²) in [5.41, 5.74) is 2.86. The van der Waals surface area contributed by atoms with Gasteiger partial charge in [-0.25, -0.2) is 9.78 Å². The first kappa shape index (κ1) is 49.1. The Kier molecular flexibility index (Phi) is 20.3. The third-order valence-electron chi connectivity index (χ3n) is 9.85. The maximum Gasteiger partial charge on any atom is 0.335 e. The van der Waals surface area contributed by atoms with Crippen molar-refractivity contribution in [1.82, 2.24) is 40.5 Å². The molecule has 0 aliphatic rings. The number of carbonyl (C=O) groups excluding carboxylic acids is 3. The van der Waals surface area contributed by atoms with Gasteiger partial charge in [-0.3, -0.25) is 38.8 Å². The number of likely N-dealkylation sites (N-methyl/N-ethyl adjacent to an activating group) is 5. The van der Waals surface area contributed by atoms with Crippen LogP contribution < -0.4 is 21.4 Å². The summed E-state index contributed by atoms with van der Waals surface area (Å²) in [6.45, 7) is 21.5. The van der Waals surface area contributed by atoms with Gasteiger partial charge in [-0.1, -0.05) is 52.0 Å². The van der Waals surface area contributed by atoms with E-state index in [0.29, 0.717) is 93.1 Å². The molecule has 0 radical (unpaired) electrons. The first-order valence-corrected chi connectivity index (χ1v) is 20.9. The lowest BCUT2D eigenvalue weighted by Crippen LogP contribution is -2.47. The van der Waals surface area contributed by atoms with Crippen molar-refractivity contribution < 1.29 is 28.7 Å². The Bertz CT molecular complexity index is 2050. The standard InChI is InChI=1S/C38H60N8O5.C7H6O2/c1-9-39-33(47)25-43(8)17-18-45(26-34(48)40-10-2)21-22-46(27-35(49)41-11-3)20-19-44(12-4)24-29-14-15-30-36(50)31-23-28(38(5,6)7)13-16-32(31)51-37(30)42-29;8-7(9)6-4-2-1-3-5-6/h13-16,23H,9-12,17-22,24-27H2,1-8H3,(H,39,47)(H,40,48)(H,41,49);1-5H,(H,8,9). The maximum absolute atomic E-state index is 13.4. The molecule has 0 spiro atoms. The van der Waals surface area contributed by atoms with E-state index in [-0.39, 0.29) is 48.2 Å². The molecule has 15 heteroatoms. The summed E-state index contributed by atoms with van der Waals surface area (Å²) in [5, 5.41) is 18.0. The van der Waals surface area contributed by atoms with Gasteiger partial charge in [0.25, 0.3) is 0 Å². The van der Waals surface area contributed by atoms with Gasteiger partial charge in [-0.15, -0.1) is 0 Å². The van der Waals surface area contributed by atoms with Gasteiger partial charge in [-0.05, 0) is 81.7 Å². The average molecular weight is 831 g/mol. The lowest BCUT2D eigenvalue weighted by atomic mass is 9.86. The lowest BCUT2D eigenvalue weighted by molar-refractivity contribution is -0.124. The quantitative estimate of drug-likeness (QED) is 0.0844. The first-order chi connectivity index (χ1) is 28.6. The number of rotatable bonds is 22. The summed E-state index contributed by atoms with van der Waals surface area (Å²) in [5.74, 6) is -1.02. The minimum absolute atomic E-state index is 0.0319. The first-order valence-electron chi connectivity index (χ1n) is 20.9. The van der Waals surface area contributed by atoms with Gasteiger partial charge >= 0.3 is 5.97 Å². The molecule has 0 unspecified atom stereocenters. The third-order valence-corrected chi connectivity index (χ3v) is 9.85. The zero-order chi connectivity index (χ0) is 44.2. The van der Waals surface area contributed by atoms with E-state index in [1.807, 2.05) is 57.0 Å². The zero-order valence-corrected chi connectivity index (χ0v) is 36.8. The van der Waals surface area contributed by atoms with Crippen LogP contribution in [0.1, 0.15) is 70.1 Å². The molecule has 328 valence electrons. The summed E-state index contributed by atoms with van der Waals surface area (Å²) in [7, 11) is 1.89. The van der Waals surface area contributed by atoms with Crippen LogP contribution in [0.25, 0.3) is 22.1 Å². The van der Waals surface area contributed by atoms with E-state index in [9.17, 15) is 24.0 Å². The lowest BCUT2D eigenvalue weighted by Gasteiger charge is -2.30. The topological polar surface area (TPSA) is 181 Å². The Hall–Kier alpha value is -5.22. The molecule has 4 N–H and O–H groups in total. The largest absolute Gasteiger partial charge is 0.478 e. The minimum Gasteiger partial charge on any atom is -0.478 e. The molecule has 0 saturated heterocycles. The fraction of sp³-hybridized carbons (Fsp3) is 0.511. The van der Waals surface area contributed by atoms with Crippen LogP contribution in [-0.4, -0.2) is 146 Å². The Morgan fingerprint density at radius 1 is 0.683 bits per heavy atom. The predicted octanol–water partition coefficient (Wildman–Crippen LogP) is 3.79. The van der Waals surface area contributed by atoms with Crippen molar-refractivity contribution in [2.45, 2.75) is 60.4 Å². The zero-order valence-electron chi connectivity index (χ0n) is 36.8. The molecule has 3 amide bonds. The number of aromatic carboxylic acids is 1. The molecule has 2 aromatic carbocycles. The van der Waals surface area contributed by atoms with Gasteiger partial charge in [0.05, 0.1) is 41.7 Å². The fourth-order valence-corrected chi connectivity index (χ4v) is 6.40. The van der Waals surface area contributed by atoms with E-state index in [1.165, 1.54) is 0 Å². The van der Waals surface area contributed by atoms with E-state index in [2.05, 4.69) is 58.3 Å². The third kappa shape index (κ3) is 16.4. The summed E-state index contributed by atoms with van der Waals surface area (Å²) in [6.07, 6.45) is 0. The molecule has 4 rings (SSSR count). The number of fused-ring (bicyclic) bond motifs is 2. The van der Waals surface area contributed by atoms with Crippen LogP contribution in [0.5, 0.6) is 0 Å². The van der Waals surface area contributed by atoms with Crippen LogP contribution in [0, 0.1) is 0 Å². The van der Waals surface area contributed by atoms with Crippen LogP contribution in [-0.2, 0) is 26.3 Å². The van der Waals surface area contributed by atoms with E-state index >= 15 is 0 Å². The molecule has 0 aliphatic heterocycles. The number of nitrogens with one attached hydrogen (secondary N) is 3. The molecule has 2 aromatic heterocycles. The molecule has 60 heavy (non-hydrogen) atoms. The molecule has 2 heterocycles. The van der Waals surface area contributed by atoms with Gasteiger partial charge in [0, 0.05) is 65.4 Å². The number of hydrogen-bond acceptors (Lipinski definition) is 11. The number of amides is 3. The number of pyridine rings is 1. The van der Waals surface area contributed by atoms with Gasteiger partial charge in [0.15, 0.2) is 0 Å². The average Bonchev–Trinajstić information content (AvgIpc) is 3.20. The van der Waals surface area contributed by atoms with Gasteiger partial charge in [0.1, 0.15) is 5.58 Å². The smallest absolute Gasteiger partial charge is 0.335 e. The van der Waals surface area contributed by atoms with Crippen molar-refractivity contribution >= 4 is 45.8 Å². The SMILES string of the molecule is CCNC(=O)CN(C)CCN(CCN(CCN(CC)Cc1ccc2c(=O)c3cc(C(C)(C)C)ccc3oc2n1)CC(=O)NCC)CC(=O)NCC.O=C(O)c1ccccc1. The Morgan fingerprint density at radius 2 is 1.22 bits per heavy atom. The van der Waals surface area contributed by atoms with Crippen LogP contribution in [0.4, 0.5) is 0 Å². The molecular weight excluding hydrogens is 765 g/mol. The molecule has 0 saturated carbocycles. The number of nitrogens with zero attached hydrogens (tertiary/aromatic N) is 5. The Labute approximate surface area is 354 Å². The highest BCUT2D eigenvalue weighted by Crippen LogP contribution is 2.26. The van der Waals surface area contributed by atoms with Gasteiger partial charge < -0.3 is 25.5 Å². The van der Waals surface area contributed by atoms with Crippen molar-refractivity contribution in [2.75, 3.05) is 92.1 Å². The summed E-state index contributed by atoms with van der Waals surface area (Å²) < 4.78 is 6.14. The summed E-state index contributed by atoms with van der Waals surface area (Å²) >= 11 is 0. The number of aromatic nitrogens is 1. The van der Waals surface area contributed by atoms with E-state index in [4.69, 9.17) is 14.5 Å². The molecule has 4 aromatic rings. The number of carboxylic acid groups (broad SMARTS) is 1. The van der Waals surface area contributed by atoms with Gasteiger partial charge in [-0.2, -0.15) is 0 Å². The summed E-state index contributed by atoms with van der Waals surface area (Å²) in [6, 6.07) is 17.8. The van der Waals surface area contributed by atoms with E-state index in [1.54, 1.807) is 36.4 Å². The fourth-order valence-electron chi connectivity index (χ4n) is 6.40. The van der Waals surface area contributed by atoms with Crippen molar-refractivity contribution in [3.05, 3.63) is 87.7 Å². The molecule has 15 nitrogen and oxygen atoms in total. The number of carbonyl (C=O) groups is 4. The second kappa shape index (κ2) is 24.8. The minimum atomic E-state index is -0.879. The monoisotopic (exact) mass is 831 g/mol. The van der Waals surface area contributed by atoms with Gasteiger partial charge in [0.2, 0.25) is 28.9 Å². The highest BCUT2D eigenvalue weighted by atomic mass is 16.4. The normalized spacial score (nSPS) is 11.6. The number of benzene rings is 2. The van der Waals surface area contributed by atoms with Crippen molar-refractivity contribution in [3.63, 3.8) is 0 Å². The van der Waals surface area contributed by atoms with Crippen LogP contribution in [0.15, 0.2) is 69.9 Å². The van der Waals surface area contributed by atoms with Crippen molar-refractivity contribution in [2.24, 2.45) is 0 Å². The van der Waals surface area contributed by atoms with Crippen LogP contribution in [0.2, 0.25) is 0 Å². The summed E-state index contributed by atoms with van der Waals surface area (Å²) in [4.78, 5) is 74.1. The molecule has 0 fully saturated rings. The second-order valence-corrected chi connectivity index (χ2v) is 15.7. The predicted molar refractivity (Wildman–Crippen MR) is 237 cm³/mol. The molecular formula is C45H66N8O7. The molecule has 0 bridgehead atoms. The molecule has 0 atom stereocenters. The number of hydrogen-bond donors (Lipinski definition) is 4. The van der Waals surface area contributed by atoms with Crippen LogP contribution >= 0.6 is 0 Å². The van der Waals surface area contributed by atoms with Crippen molar-refractivity contribution in [1.29, 1.82) is 0 Å². The van der Waals surface area contributed by atoms with E-state index in [0.717, 1.165) is 17.8 Å². The Balaban J connectivity index is 0.000000940. The maximum atomic E-state index is 13.4. The van der Waals surface area contributed by atoms with Crippen LogP contribution in [0.3, 0.4) is 0 Å². The highest BCUT2D eigenvalue weighted by molar-refractivity contribution is 5.89.